The molecular formula is C13H14ClFN2. The fourth-order valence-corrected chi connectivity index (χ4v) is 1.92. The number of halogens is 2. The molecule has 90 valence electrons. The van der Waals surface area contributed by atoms with Crippen LogP contribution < -0.4 is 5.32 Å². The molecule has 0 aliphatic rings. The molecule has 0 bridgehead atoms. The van der Waals surface area contributed by atoms with Crippen molar-refractivity contribution in [2.45, 2.75) is 20.3 Å². The highest BCUT2D eigenvalue weighted by atomic mass is 35.5. The van der Waals surface area contributed by atoms with E-state index < -0.39 is 5.82 Å². The molecule has 0 amide bonds. The molecule has 2 aromatic rings. The Balaban J connectivity index is 2.64. The van der Waals surface area contributed by atoms with Crippen LogP contribution in [-0.2, 0) is 0 Å². The number of aryl methyl sites for hydroxylation is 1. The second-order valence-electron chi connectivity index (χ2n) is 4.00. The number of hydrogen-bond donors (Lipinski definition) is 1. The Kier molecular flexibility index (Phi) is 3.48. The minimum atomic E-state index is -0.451. The fraction of sp³-hybridized carbons (Fsp3) is 0.308. The van der Waals surface area contributed by atoms with Crippen LogP contribution in [0.5, 0.6) is 0 Å². The largest absolute Gasteiger partial charge is 0.384 e. The Hall–Kier alpha value is -1.35. The zero-order valence-corrected chi connectivity index (χ0v) is 10.6. The second kappa shape index (κ2) is 4.88. The molecule has 0 saturated heterocycles. The van der Waals surface area contributed by atoms with Gasteiger partial charge in [-0.25, -0.2) is 9.37 Å². The molecule has 0 unspecified atom stereocenters. The third kappa shape index (κ3) is 2.34. The van der Waals surface area contributed by atoms with Gasteiger partial charge in [-0.15, -0.1) is 0 Å². The van der Waals surface area contributed by atoms with E-state index in [1.807, 2.05) is 13.0 Å². The van der Waals surface area contributed by atoms with Gasteiger partial charge in [0.2, 0.25) is 0 Å². The average molecular weight is 253 g/mol. The van der Waals surface area contributed by atoms with Crippen molar-refractivity contribution in [1.29, 1.82) is 0 Å². The minimum Gasteiger partial charge on any atom is -0.384 e. The Morgan fingerprint density at radius 3 is 2.88 bits per heavy atom. The first kappa shape index (κ1) is 12.1. The summed E-state index contributed by atoms with van der Waals surface area (Å²) >= 11 is 5.76. The smallest absolute Gasteiger partial charge is 0.168 e. The third-order valence-corrected chi connectivity index (χ3v) is 2.86. The lowest BCUT2D eigenvalue weighted by Gasteiger charge is -2.10. The summed E-state index contributed by atoms with van der Waals surface area (Å²) in [5, 5.41) is 4.15. The predicted molar refractivity (Wildman–Crippen MR) is 70.2 cm³/mol. The second-order valence-corrected chi connectivity index (χ2v) is 4.40. The van der Waals surface area contributed by atoms with E-state index in [1.165, 1.54) is 0 Å². The van der Waals surface area contributed by atoms with Gasteiger partial charge < -0.3 is 5.32 Å². The highest BCUT2D eigenvalue weighted by Gasteiger charge is 2.10. The Bertz CT molecular complexity index is 555. The lowest BCUT2D eigenvalue weighted by molar-refractivity contribution is 0.637. The van der Waals surface area contributed by atoms with E-state index in [2.05, 4.69) is 17.2 Å². The molecule has 17 heavy (non-hydrogen) atoms. The summed E-state index contributed by atoms with van der Waals surface area (Å²) in [4.78, 5) is 4.21. The van der Waals surface area contributed by atoms with Crippen molar-refractivity contribution in [1.82, 2.24) is 4.98 Å². The first-order valence-electron chi connectivity index (χ1n) is 5.62. The quantitative estimate of drug-likeness (QED) is 0.887. The van der Waals surface area contributed by atoms with Gasteiger partial charge in [-0.2, -0.15) is 0 Å². The van der Waals surface area contributed by atoms with Crippen LogP contribution in [0.25, 0.3) is 10.9 Å². The van der Waals surface area contributed by atoms with E-state index in [9.17, 15) is 4.39 Å². The minimum absolute atomic E-state index is 0.108. The summed E-state index contributed by atoms with van der Waals surface area (Å²) in [5.74, 6) is -0.451. The van der Waals surface area contributed by atoms with Gasteiger partial charge >= 0.3 is 0 Å². The topological polar surface area (TPSA) is 24.9 Å². The highest BCUT2D eigenvalue weighted by Crippen LogP contribution is 2.28. The van der Waals surface area contributed by atoms with Gasteiger partial charge in [-0.1, -0.05) is 18.5 Å². The number of hydrogen-bond acceptors (Lipinski definition) is 2. The van der Waals surface area contributed by atoms with E-state index >= 15 is 0 Å². The van der Waals surface area contributed by atoms with Crippen LogP contribution in [0.3, 0.4) is 0 Å². The molecule has 0 fully saturated rings. The molecular weight excluding hydrogens is 239 g/mol. The summed E-state index contributed by atoms with van der Waals surface area (Å²) < 4.78 is 13.9. The van der Waals surface area contributed by atoms with Crippen LogP contribution in [-0.4, -0.2) is 11.5 Å². The van der Waals surface area contributed by atoms with Crippen molar-refractivity contribution < 1.29 is 4.39 Å². The molecule has 2 nitrogen and oxygen atoms in total. The molecule has 2 rings (SSSR count). The standard InChI is InChI=1S/C13H14ClFN2/c1-3-6-16-11-7-8(2)17-13-9(11)4-5-10(14)12(13)15/h4-5,7H,3,6H2,1-2H3,(H,16,17). The van der Waals surface area contributed by atoms with E-state index in [0.717, 1.165) is 29.7 Å². The van der Waals surface area contributed by atoms with E-state index in [1.54, 1.807) is 12.1 Å². The molecule has 0 atom stereocenters. The maximum atomic E-state index is 13.9. The molecule has 0 aliphatic carbocycles. The van der Waals surface area contributed by atoms with E-state index in [4.69, 9.17) is 11.6 Å². The Morgan fingerprint density at radius 1 is 1.41 bits per heavy atom. The van der Waals surface area contributed by atoms with Gasteiger partial charge in [-0.3, -0.25) is 0 Å². The van der Waals surface area contributed by atoms with Crippen LogP contribution >= 0.6 is 11.6 Å². The van der Waals surface area contributed by atoms with Crippen LogP contribution in [0, 0.1) is 12.7 Å². The van der Waals surface area contributed by atoms with Gasteiger partial charge in [0, 0.05) is 23.3 Å². The van der Waals surface area contributed by atoms with Crippen molar-refractivity contribution in [3.8, 4) is 0 Å². The molecule has 0 aliphatic heterocycles. The molecule has 1 heterocycles. The van der Waals surface area contributed by atoms with Crippen LogP contribution in [0.4, 0.5) is 10.1 Å². The van der Waals surface area contributed by atoms with E-state index in [-0.39, 0.29) is 5.02 Å². The third-order valence-electron chi connectivity index (χ3n) is 2.57. The van der Waals surface area contributed by atoms with Gasteiger partial charge in [0.05, 0.1) is 5.02 Å². The van der Waals surface area contributed by atoms with Crippen molar-refractivity contribution >= 4 is 28.2 Å². The number of pyridine rings is 1. The Labute approximate surface area is 105 Å². The number of anilines is 1. The van der Waals surface area contributed by atoms with E-state index in [0.29, 0.717) is 5.52 Å². The molecule has 0 spiro atoms. The summed E-state index contributed by atoms with van der Waals surface area (Å²) in [6.07, 6.45) is 1.01. The molecule has 1 N–H and O–H groups in total. The van der Waals surface area contributed by atoms with Gasteiger partial charge in [0.25, 0.3) is 0 Å². The highest BCUT2D eigenvalue weighted by molar-refractivity contribution is 6.31. The number of aromatic nitrogens is 1. The van der Waals surface area contributed by atoms with Crippen LogP contribution in [0.15, 0.2) is 18.2 Å². The van der Waals surface area contributed by atoms with Crippen molar-refractivity contribution in [2.24, 2.45) is 0 Å². The monoisotopic (exact) mass is 252 g/mol. The predicted octanol–water partition coefficient (Wildman–Crippen LogP) is 4.16. The average Bonchev–Trinajstić information content (AvgIpc) is 2.31. The lowest BCUT2D eigenvalue weighted by Crippen LogP contribution is -2.02. The van der Waals surface area contributed by atoms with Crippen molar-refractivity contribution in [3.63, 3.8) is 0 Å². The normalized spacial score (nSPS) is 10.8. The maximum Gasteiger partial charge on any atom is 0.168 e. The maximum absolute atomic E-state index is 13.9. The first-order chi connectivity index (χ1) is 8.13. The molecule has 4 heteroatoms. The zero-order valence-electron chi connectivity index (χ0n) is 9.85. The summed E-state index contributed by atoms with van der Waals surface area (Å²) in [6, 6.07) is 5.28. The summed E-state index contributed by atoms with van der Waals surface area (Å²) in [7, 11) is 0. The fourth-order valence-electron chi connectivity index (χ4n) is 1.77. The number of nitrogens with one attached hydrogen (secondary N) is 1. The summed E-state index contributed by atoms with van der Waals surface area (Å²) in [5.41, 5.74) is 2.01. The zero-order chi connectivity index (χ0) is 12.4. The number of nitrogens with zero attached hydrogens (tertiary/aromatic N) is 1. The molecule has 1 aromatic heterocycles. The van der Waals surface area contributed by atoms with Crippen molar-refractivity contribution in [2.75, 3.05) is 11.9 Å². The van der Waals surface area contributed by atoms with Gasteiger partial charge in [0.1, 0.15) is 5.52 Å². The Morgan fingerprint density at radius 2 is 2.18 bits per heavy atom. The van der Waals surface area contributed by atoms with Gasteiger partial charge in [-0.05, 0) is 31.5 Å². The summed E-state index contributed by atoms with van der Waals surface area (Å²) in [6.45, 7) is 4.78. The molecule has 0 saturated carbocycles. The molecule has 1 aromatic carbocycles. The lowest BCUT2D eigenvalue weighted by atomic mass is 10.1. The number of fused-ring (bicyclic) bond motifs is 1. The van der Waals surface area contributed by atoms with Gasteiger partial charge in [0.15, 0.2) is 5.82 Å². The first-order valence-corrected chi connectivity index (χ1v) is 6.00. The van der Waals surface area contributed by atoms with Crippen LogP contribution in [0.2, 0.25) is 5.02 Å². The molecule has 0 radical (unpaired) electrons. The number of rotatable bonds is 3. The van der Waals surface area contributed by atoms with Crippen LogP contribution in [0.1, 0.15) is 19.0 Å². The number of benzene rings is 1. The SMILES string of the molecule is CCCNc1cc(C)nc2c(F)c(Cl)ccc12. The van der Waals surface area contributed by atoms with Crippen molar-refractivity contribution in [3.05, 3.63) is 34.7 Å².